The molecule has 0 aromatic carbocycles. The summed E-state index contributed by atoms with van der Waals surface area (Å²) in [4.78, 5) is 15.4. The summed E-state index contributed by atoms with van der Waals surface area (Å²) >= 11 is 0. The Kier molecular flexibility index (Phi) is 3.11. The number of fused-ring (bicyclic) bond motifs is 1. The predicted octanol–water partition coefficient (Wildman–Crippen LogP) is -2.81. The molecule has 3 rings (SSSR count). The number of imidazole rings is 1. The van der Waals surface area contributed by atoms with Gasteiger partial charge in [-0.2, -0.15) is 4.39 Å². The number of aromatic nitrogens is 2. The van der Waals surface area contributed by atoms with E-state index in [1.54, 1.807) is 0 Å². The van der Waals surface area contributed by atoms with Crippen LogP contribution in [0.15, 0.2) is 6.33 Å². The van der Waals surface area contributed by atoms with Crippen LogP contribution in [-0.2, 0) is 4.74 Å². The zero-order valence-electron chi connectivity index (χ0n) is 10.6. The molecule has 3 heterocycles. The van der Waals surface area contributed by atoms with Crippen LogP contribution in [0.3, 0.4) is 0 Å². The molecule has 1 unspecified atom stereocenters. The molecule has 0 saturated carbocycles. The molecule has 21 heavy (non-hydrogen) atoms. The fraction of sp³-hybridized carbons (Fsp3) is 0.600. The molecule has 7 N–H and O–H groups in total. The van der Waals surface area contributed by atoms with Gasteiger partial charge >= 0.3 is 6.04 Å². The lowest BCUT2D eigenvalue weighted by Gasteiger charge is -2.29. The minimum Gasteiger partial charge on any atom is -0.394 e. The van der Waals surface area contributed by atoms with Crippen LogP contribution in [-0.4, -0.2) is 61.7 Å². The van der Waals surface area contributed by atoms with Gasteiger partial charge < -0.3 is 25.4 Å². The molecule has 1 aromatic heterocycles. The Morgan fingerprint density at radius 3 is 2.81 bits per heavy atom. The summed E-state index contributed by atoms with van der Waals surface area (Å²) in [6.45, 7) is -0.510. The third kappa shape index (κ3) is 2.15. The minimum absolute atomic E-state index is 0.0985. The minimum atomic E-state index is -2.68. The number of alkyl halides is 1. The quantitative estimate of drug-likeness (QED) is 0.320. The van der Waals surface area contributed by atoms with Gasteiger partial charge in [-0.1, -0.05) is 0 Å². The second-order valence-electron chi connectivity index (χ2n) is 4.87. The Bertz CT molecular complexity index is 578. The summed E-state index contributed by atoms with van der Waals surface area (Å²) in [5.74, 6) is -0.933. The van der Waals surface area contributed by atoms with Gasteiger partial charge in [0.2, 0.25) is 0 Å². The Hall–Kier alpha value is -1.79. The zero-order valence-corrected chi connectivity index (χ0v) is 10.6. The molecular weight excluding hydrogens is 289 g/mol. The topological polar surface area (TPSA) is 155 Å². The smallest absolute Gasteiger partial charge is 0.318 e. The van der Waals surface area contributed by atoms with Gasteiger partial charge in [0, 0.05) is 0 Å². The molecule has 1 saturated heterocycles. The fourth-order valence-corrected chi connectivity index (χ4v) is 2.38. The third-order valence-corrected chi connectivity index (χ3v) is 3.40. The molecule has 10 nitrogen and oxygen atoms in total. The monoisotopic (exact) mass is 303 g/mol. The van der Waals surface area contributed by atoms with Crippen LogP contribution in [0.25, 0.3) is 0 Å². The normalized spacial score (nSPS) is 38.8. The van der Waals surface area contributed by atoms with Crippen LogP contribution < -0.4 is 16.4 Å². The Morgan fingerprint density at radius 1 is 1.48 bits per heavy atom. The first-order valence-corrected chi connectivity index (χ1v) is 6.12. The van der Waals surface area contributed by atoms with Crippen molar-refractivity contribution in [3.8, 4) is 0 Å². The van der Waals surface area contributed by atoms with Gasteiger partial charge in [-0.3, -0.25) is 20.4 Å². The number of nitrogens with zero attached hydrogens (tertiary/aromatic N) is 2. The number of ether oxygens (including phenoxy) is 1. The van der Waals surface area contributed by atoms with E-state index in [1.165, 1.54) is 0 Å². The molecule has 5 atom stereocenters. The number of carbonyl (C=O) groups excluding carboxylic acids is 1. The van der Waals surface area contributed by atoms with E-state index in [9.17, 15) is 19.4 Å². The van der Waals surface area contributed by atoms with Gasteiger partial charge in [-0.05, 0) is 0 Å². The van der Waals surface area contributed by atoms with Gasteiger partial charge in [0.05, 0.1) is 12.9 Å². The average molecular weight is 303 g/mol. The number of aliphatic hydroxyl groups is 3. The highest BCUT2D eigenvalue weighted by atomic mass is 19.2. The van der Waals surface area contributed by atoms with Gasteiger partial charge in [0.1, 0.15) is 24.1 Å². The molecule has 2 aliphatic heterocycles. The van der Waals surface area contributed by atoms with Gasteiger partial charge in [0.25, 0.3) is 5.91 Å². The first-order valence-electron chi connectivity index (χ1n) is 6.12. The standard InChI is InChI=1S/C10H14FN5O5/c11-10(12)14-7-4(8(20)15-10)13-2-16(7)9-6(19)5(18)3(1-17)21-9/h2-3,5-6,9,14,17-19H,1,12H2,(H,15,20)/t3-,5-,6-,9-,10?/m1/s1. The third-order valence-electron chi connectivity index (χ3n) is 3.40. The lowest BCUT2D eigenvalue weighted by atomic mass is 10.1. The van der Waals surface area contributed by atoms with E-state index in [4.69, 9.17) is 15.6 Å². The van der Waals surface area contributed by atoms with Gasteiger partial charge in [-0.15, -0.1) is 0 Å². The number of halogens is 1. The van der Waals surface area contributed by atoms with Crippen molar-refractivity contribution in [3.63, 3.8) is 0 Å². The number of nitrogens with two attached hydrogens (primary N) is 1. The number of hydrogen-bond donors (Lipinski definition) is 6. The van der Waals surface area contributed by atoms with Crippen molar-refractivity contribution in [1.82, 2.24) is 14.9 Å². The Balaban J connectivity index is 1.97. The maximum absolute atomic E-state index is 13.8. The second-order valence-corrected chi connectivity index (χ2v) is 4.87. The van der Waals surface area contributed by atoms with E-state index in [1.807, 2.05) is 5.32 Å². The number of amides is 1. The maximum atomic E-state index is 13.8. The molecule has 0 bridgehead atoms. The molecule has 0 aliphatic carbocycles. The van der Waals surface area contributed by atoms with Crippen molar-refractivity contribution >= 4 is 11.7 Å². The Labute approximate surface area is 117 Å². The highest BCUT2D eigenvalue weighted by Crippen LogP contribution is 2.34. The van der Waals surface area contributed by atoms with Crippen molar-refractivity contribution in [2.24, 2.45) is 5.73 Å². The van der Waals surface area contributed by atoms with E-state index in [2.05, 4.69) is 10.3 Å². The van der Waals surface area contributed by atoms with E-state index in [0.717, 1.165) is 10.9 Å². The van der Waals surface area contributed by atoms with Crippen molar-refractivity contribution < 1.29 is 29.2 Å². The molecule has 116 valence electrons. The van der Waals surface area contributed by atoms with E-state index >= 15 is 0 Å². The van der Waals surface area contributed by atoms with Crippen LogP contribution in [0.1, 0.15) is 16.7 Å². The fourth-order valence-electron chi connectivity index (χ4n) is 2.38. The summed E-state index contributed by atoms with van der Waals surface area (Å²) in [7, 11) is 0. The number of anilines is 1. The number of rotatable bonds is 2. The predicted molar refractivity (Wildman–Crippen MR) is 64.4 cm³/mol. The lowest BCUT2D eigenvalue weighted by molar-refractivity contribution is -0.0522. The van der Waals surface area contributed by atoms with Crippen LogP contribution in [0.4, 0.5) is 10.2 Å². The molecular formula is C10H14FN5O5. The summed E-state index contributed by atoms with van der Waals surface area (Å²) in [5, 5.41) is 32.8. The number of aliphatic hydroxyl groups excluding tert-OH is 3. The molecule has 0 radical (unpaired) electrons. The zero-order chi connectivity index (χ0) is 15.4. The van der Waals surface area contributed by atoms with Crippen LogP contribution >= 0.6 is 0 Å². The van der Waals surface area contributed by atoms with Gasteiger partial charge in [0.15, 0.2) is 11.9 Å². The number of nitrogens with one attached hydrogen (secondary N) is 2. The van der Waals surface area contributed by atoms with Crippen LogP contribution in [0, 0.1) is 0 Å². The summed E-state index contributed by atoms with van der Waals surface area (Å²) in [6, 6.07) is -2.68. The largest absolute Gasteiger partial charge is 0.394 e. The van der Waals surface area contributed by atoms with Crippen LogP contribution in [0.5, 0.6) is 0 Å². The van der Waals surface area contributed by atoms with Crippen molar-refractivity contribution in [1.29, 1.82) is 0 Å². The average Bonchev–Trinajstić information content (AvgIpc) is 2.92. The van der Waals surface area contributed by atoms with Crippen LogP contribution in [0.2, 0.25) is 0 Å². The van der Waals surface area contributed by atoms with Crippen molar-refractivity contribution in [3.05, 3.63) is 12.0 Å². The van der Waals surface area contributed by atoms with Gasteiger partial charge in [-0.25, -0.2) is 4.98 Å². The maximum Gasteiger partial charge on any atom is 0.318 e. The first-order chi connectivity index (χ1) is 9.84. The Morgan fingerprint density at radius 2 is 2.19 bits per heavy atom. The van der Waals surface area contributed by atoms with E-state index < -0.39 is 43.1 Å². The molecule has 0 spiro atoms. The molecule has 11 heteroatoms. The van der Waals surface area contributed by atoms with E-state index in [-0.39, 0.29) is 11.5 Å². The molecule has 1 amide bonds. The molecule has 1 aromatic rings. The molecule has 2 aliphatic rings. The summed E-state index contributed by atoms with van der Waals surface area (Å²) < 4.78 is 20.2. The lowest BCUT2D eigenvalue weighted by Crippen LogP contribution is -2.61. The highest BCUT2D eigenvalue weighted by Gasteiger charge is 2.46. The summed E-state index contributed by atoms with van der Waals surface area (Å²) in [6.07, 6.45) is -3.74. The van der Waals surface area contributed by atoms with Crippen molar-refractivity contribution in [2.75, 3.05) is 11.9 Å². The summed E-state index contributed by atoms with van der Waals surface area (Å²) in [5.41, 5.74) is 5.05. The second kappa shape index (κ2) is 4.61. The number of carbonyl (C=O) groups is 1. The van der Waals surface area contributed by atoms with E-state index in [0.29, 0.717) is 0 Å². The number of hydrogen-bond acceptors (Lipinski definition) is 8. The van der Waals surface area contributed by atoms with Crippen molar-refractivity contribution in [2.45, 2.75) is 30.6 Å². The first kappa shape index (κ1) is 14.2. The SMILES string of the molecule is NC1(F)NC(=O)c2ncn([C@@H]3O[C@H](CO)[C@@H](O)[C@H]3O)c2N1. The molecule has 1 fully saturated rings. The highest BCUT2D eigenvalue weighted by molar-refractivity contribution is 5.99.